The number of likely N-dealkylation sites (N-methyl/N-ethyl adjacent to an activating group) is 1. The van der Waals surface area contributed by atoms with Crippen LogP contribution in [0, 0.1) is 0 Å². The summed E-state index contributed by atoms with van der Waals surface area (Å²) in [6, 6.07) is 9.28. The second-order valence-electron chi connectivity index (χ2n) is 8.52. The first kappa shape index (κ1) is 25.4. The first-order valence-electron chi connectivity index (χ1n) is 11.7. The summed E-state index contributed by atoms with van der Waals surface area (Å²) in [6.45, 7) is 4.85. The van der Waals surface area contributed by atoms with Crippen LogP contribution in [0.15, 0.2) is 61.6 Å². The first-order valence-corrected chi connectivity index (χ1v) is 11.7. The number of benzene rings is 1. The normalized spacial score (nSPS) is 15.1. The molecule has 0 saturated carbocycles. The summed E-state index contributed by atoms with van der Waals surface area (Å²) in [4.78, 5) is 48.9. The predicted molar refractivity (Wildman–Crippen MR) is 136 cm³/mol. The van der Waals surface area contributed by atoms with Crippen molar-refractivity contribution in [3.05, 3.63) is 72.8 Å². The van der Waals surface area contributed by atoms with Crippen molar-refractivity contribution in [2.75, 3.05) is 30.4 Å². The van der Waals surface area contributed by atoms with Gasteiger partial charge in [-0.15, -0.1) is 0 Å². The Morgan fingerprint density at radius 1 is 1.27 bits per heavy atom. The minimum absolute atomic E-state index is 0.00126. The highest BCUT2D eigenvalue weighted by molar-refractivity contribution is 5.96. The van der Waals surface area contributed by atoms with Crippen molar-refractivity contribution in [2.24, 2.45) is 5.73 Å². The van der Waals surface area contributed by atoms with Gasteiger partial charge in [0.2, 0.25) is 5.91 Å². The summed E-state index contributed by atoms with van der Waals surface area (Å²) in [5, 5.41) is 6.99. The van der Waals surface area contributed by atoms with E-state index in [1.54, 1.807) is 4.90 Å². The number of piperidine rings is 1. The Balaban J connectivity index is 1.48. The summed E-state index contributed by atoms with van der Waals surface area (Å²) in [5.41, 5.74) is 6.67. The van der Waals surface area contributed by atoms with Gasteiger partial charge in [0.25, 0.3) is 5.91 Å². The number of ether oxygens (including phenoxy) is 1. The van der Waals surface area contributed by atoms with Crippen molar-refractivity contribution in [3.8, 4) is 0 Å². The second-order valence-corrected chi connectivity index (χ2v) is 8.52. The summed E-state index contributed by atoms with van der Waals surface area (Å²) in [6.07, 6.45) is 6.61. The fourth-order valence-electron chi connectivity index (χ4n) is 4.01. The number of hydrogen-bond donors (Lipinski definition) is 2. The van der Waals surface area contributed by atoms with Crippen LogP contribution in [0.3, 0.4) is 0 Å². The number of aromatic nitrogens is 4. The van der Waals surface area contributed by atoms with Gasteiger partial charge in [-0.1, -0.05) is 36.9 Å². The van der Waals surface area contributed by atoms with E-state index in [0.29, 0.717) is 24.6 Å². The molecule has 2 aromatic heterocycles. The second kappa shape index (κ2) is 11.3. The fraction of sp³-hybridized carbons (Fsp3) is 0.280. The Kier molecular flexibility index (Phi) is 7.77. The molecular weight excluding hydrogens is 476 g/mol. The monoisotopic (exact) mass is 504 g/mol. The number of primary amides is 1. The smallest absolute Gasteiger partial charge is 0.435 e. The molecule has 192 valence electrons. The van der Waals surface area contributed by atoms with Gasteiger partial charge in [0.1, 0.15) is 12.4 Å². The summed E-state index contributed by atoms with van der Waals surface area (Å²) in [7, 11) is 1.85. The minimum Gasteiger partial charge on any atom is -0.443 e. The van der Waals surface area contributed by atoms with E-state index in [0.717, 1.165) is 23.1 Å². The van der Waals surface area contributed by atoms with Crippen LogP contribution in [0.2, 0.25) is 0 Å². The molecule has 3 aromatic rings. The van der Waals surface area contributed by atoms with Crippen molar-refractivity contribution in [3.63, 3.8) is 0 Å². The maximum absolute atomic E-state index is 12.4. The lowest BCUT2D eigenvalue weighted by Gasteiger charge is -2.37. The lowest BCUT2D eigenvalue weighted by Crippen LogP contribution is -2.48. The van der Waals surface area contributed by atoms with Crippen molar-refractivity contribution < 1.29 is 19.1 Å². The fourth-order valence-corrected chi connectivity index (χ4v) is 4.01. The lowest BCUT2D eigenvalue weighted by atomic mass is 10.0. The quantitative estimate of drug-likeness (QED) is 0.441. The van der Waals surface area contributed by atoms with Crippen LogP contribution in [0.25, 0.3) is 0 Å². The molecule has 3 N–H and O–H groups in total. The predicted octanol–water partition coefficient (Wildman–Crippen LogP) is 2.31. The van der Waals surface area contributed by atoms with Gasteiger partial charge in [-0.2, -0.15) is 9.78 Å². The van der Waals surface area contributed by atoms with Gasteiger partial charge in [0, 0.05) is 26.2 Å². The minimum atomic E-state index is -0.765. The van der Waals surface area contributed by atoms with E-state index in [4.69, 9.17) is 10.5 Å². The SMILES string of the molecule is C=CC(=O)N1CCC[C@@H](N(C)c2cnc(C(N)=O)c(Nc3cnn(C(=O)OCc4ccccc4)c3)n2)C1. The van der Waals surface area contributed by atoms with Crippen LogP contribution < -0.4 is 16.0 Å². The van der Waals surface area contributed by atoms with Crippen LogP contribution in [0.5, 0.6) is 0 Å². The number of amides is 2. The van der Waals surface area contributed by atoms with Gasteiger partial charge >= 0.3 is 6.09 Å². The number of anilines is 3. The van der Waals surface area contributed by atoms with Gasteiger partial charge in [-0.25, -0.2) is 14.8 Å². The molecule has 1 atom stereocenters. The van der Waals surface area contributed by atoms with Crippen molar-refractivity contribution in [1.82, 2.24) is 24.6 Å². The van der Waals surface area contributed by atoms with Crippen molar-refractivity contribution >= 4 is 35.2 Å². The number of likely N-dealkylation sites (tertiary alicyclic amines) is 1. The molecule has 1 saturated heterocycles. The summed E-state index contributed by atoms with van der Waals surface area (Å²) >= 11 is 0. The van der Waals surface area contributed by atoms with Crippen molar-refractivity contribution in [1.29, 1.82) is 0 Å². The number of rotatable bonds is 8. The molecule has 0 unspecified atom stereocenters. The van der Waals surface area contributed by atoms with E-state index in [1.165, 1.54) is 24.7 Å². The molecular formula is C25H28N8O4. The zero-order chi connectivity index (χ0) is 26.4. The molecule has 3 heterocycles. The highest BCUT2D eigenvalue weighted by Crippen LogP contribution is 2.24. The molecule has 1 fully saturated rings. The molecule has 2 amide bonds. The van der Waals surface area contributed by atoms with E-state index in [1.807, 2.05) is 42.3 Å². The molecule has 0 aliphatic carbocycles. The number of carbonyl (C=O) groups excluding carboxylic acids is 3. The van der Waals surface area contributed by atoms with E-state index >= 15 is 0 Å². The number of carbonyl (C=O) groups is 3. The topological polar surface area (TPSA) is 149 Å². The molecule has 1 aliphatic rings. The molecule has 37 heavy (non-hydrogen) atoms. The Morgan fingerprint density at radius 2 is 2.05 bits per heavy atom. The molecule has 12 heteroatoms. The van der Waals surface area contributed by atoms with Crippen LogP contribution in [-0.2, 0) is 16.1 Å². The van der Waals surface area contributed by atoms with E-state index < -0.39 is 12.0 Å². The zero-order valence-corrected chi connectivity index (χ0v) is 20.4. The van der Waals surface area contributed by atoms with Gasteiger partial charge < -0.3 is 25.6 Å². The summed E-state index contributed by atoms with van der Waals surface area (Å²) in [5.74, 6) is -0.279. The van der Waals surface area contributed by atoms with Crippen LogP contribution in [0.4, 0.5) is 22.1 Å². The molecule has 12 nitrogen and oxygen atoms in total. The van der Waals surface area contributed by atoms with Crippen molar-refractivity contribution in [2.45, 2.75) is 25.5 Å². The number of nitrogens with zero attached hydrogens (tertiary/aromatic N) is 6. The average molecular weight is 505 g/mol. The largest absolute Gasteiger partial charge is 0.443 e. The van der Waals surface area contributed by atoms with Gasteiger partial charge in [0.15, 0.2) is 11.5 Å². The third kappa shape index (κ3) is 6.10. The van der Waals surface area contributed by atoms with Crippen LogP contribution >= 0.6 is 0 Å². The van der Waals surface area contributed by atoms with Gasteiger partial charge in [0.05, 0.1) is 24.3 Å². The maximum Gasteiger partial charge on any atom is 0.435 e. The Morgan fingerprint density at radius 3 is 2.78 bits per heavy atom. The number of nitrogens with one attached hydrogen (secondary N) is 1. The molecule has 4 rings (SSSR count). The third-order valence-corrected chi connectivity index (χ3v) is 6.02. The number of nitrogens with two attached hydrogens (primary N) is 1. The standard InChI is InChI=1S/C25H28N8O4/c1-3-21(34)32-11-7-10-19(15-32)31(2)20-13-27-22(23(26)35)24(30-20)29-18-12-28-33(14-18)25(36)37-16-17-8-5-4-6-9-17/h3-6,8-9,12-14,19H,1,7,10-11,15-16H2,2H3,(H2,26,35)(H,29,30)/t19-/m1/s1. The third-order valence-electron chi connectivity index (χ3n) is 6.02. The van der Waals surface area contributed by atoms with Crippen LogP contribution in [0.1, 0.15) is 28.9 Å². The highest BCUT2D eigenvalue weighted by atomic mass is 16.6. The van der Waals surface area contributed by atoms with E-state index in [2.05, 4.69) is 27.0 Å². The molecule has 1 aromatic carbocycles. The Hall–Kier alpha value is -4.74. The number of hydrogen-bond acceptors (Lipinski definition) is 9. The molecule has 1 aliphatic heterocycles. The maximum atomic E-state index is 12.4. The Bertz CT molecular complexity index is 1290. The highest BCUT2D eigenvalue weighted by Gasteiger charge is 2.27. The summed E-state index contributed by atoms with van der Waals surface area (Å²) < 4.78 is 6.32. The first-order chi connectivity index (χ1) is 17.9. The Labute approximate surface area is 213 Å². The van der Waals surface area contributed by atoms with E-state index in [9.17, 15) is 14.4 Å². The van der Waals surface area contributed by atoms with Crippen LogP contribution in [-0.4, -0.2) is 68.7 Å². The van der Waals surface area contributed by atoms with Gasteiger partial charge in [-0.05, 0) is 24.5 Å². The lowest BCUT2D eigenvalue weighted by molar-refractivity contribution is -0.127. The average Bonchev–Trinajstić information content (AvgIpc) is 3.40. The zero-order valence-electron chi connectivity index (χ0n) is 20.4. The molecule has 0 bridgehead atoms. The van der Waals surface area contributed by atoms with E-state index in [-0.39, 0.29) is 30.1 Å². The van der Waals surface area contributed by atoms with Gasteiger partial charge in [-0.3, -0.25) is 9.59 Å². The molecule has 0 spiro atoms. The molecule has 0 radical (unpaired) electrons.